The Kier molecular flexibility index (Phi) is 5.21. The van der Waals surface area contributed by atoms with Gasteiger partial charge in [0.05, 0.1) is 10.5 Å². The van der Waals surface area contributed by atoms with Gasteiger partial charge in [-0.3, -0.25) is 10.1 Å². The first-order valence-corrected chi connectivity index (χ1v) is 8.51. The van der Waals surface area contributed by atoms with E-state index in [1.54, 1.807) is 0 Å². The molecule has 0 heterocycles. The molecule has 5 heteroatoms. The van der Waals surface area contributed by atoms with Crippen LogP contribution in [-0.4, -0.2) is 10.9 Å². The van der Waals surface area contributed by atoms with Crippen LogP contribution in [0.3, 0.4) is 0 Å². The largest absolute Gasteiger partial charge is 0.423 e. The summed E-state index contributed by atoms with van der Waals surface area (Å²) in [5.74, 6) is -0.0252. The molecule has 0 aliphatic carbocycles. The Morgan fingerprint density at radius 3 is 1.96 bits per heavy atom. The zero-order valence-electron chi connectivity index (χ0n) is 16.1. The second-order valence-electron chi connectivity index (χ2n) is 8.40. The van der Waals surface area contributed by atoms with Crippen molar-refractivity contribution in [1.29, 1.82) is 0 Å². The molecule has 26 heavy (non-hydrogen) atoms. The molecule has 0 amide bonds. The Morgan fingerprint density at radius 1 is 0.923 bits per heavy atom. The van der Waals surface area contributed by atoms with Gasteiger partial charge in [-0.25, -0.2) is 4.79 Å². The van der Waals surface area contributed by atoms with Crippen LogP contribution in [0.15, 0.2) is 42.5 Å². The van der Waals surface area contributed by atoms with Crippen LogP contribution in [0.25, 0.3) is 0 Å². The first-order chi connectivity index (χ1) is 11.9. The minimum absolute atomic E-state index is 0.0130. The predicted molar refractivity (Wildman–Crippen MR) is 102 cm³/mol. The second kappa shape index (κ2) is 6.90. The molecule has 0 atom stereocenters. The van der Waals surface area contributed by atoms with Gasteiger partial charge >= 0.3 is 5.97 Å². The van der Waals surface area contributed by atoms with Crippen molar-refractivity contribution < 1.29 is 14.5 Å². The van der Waals surface area contributed by atoms with Gasteiger partial charge in [-0.2, -0.15) is 0 Å². The fraction of sp³-hybridized carbons (Fsp3) is 0.381. The number of ether oxygens (including phenoxy) is 1. The van der Waals surface area contributed by atoms with E-state index in [1.165, 1.54) is 24.3 Å². The van der Waals surface area contributed by atoms with E-state index in [4.69, 9.17) is 4.74 Å². The number of hydrogen-bond donors (Lipinski definition) is 0. The Bertz CT molecular complexity index is 825. The lowest BCUT2D eigenvalue weighted by Gasteiger charge is -2.26. The highest BCUT2D eigenvalue weighted by atomic mass is 16.6. The number of esters is 1. The molecule has 138 valence electrons. The number of benzene rings is 2. The lowest BCUT2D eigenvalue weighted by atomic mass is 9.80. The van der Waals surface area contributed by atoms with E-state index in [0.717, 1.165) is 11.1 Å². The number of rotatable bonds is 3. The molecule has 0 aromatic heterocycles. The van der Waals surface area contributed by atoms with E-state index in [9.17, 15) is 14.9 Å². The molecule has 5 nitrogen and oxygen atoms in total. The normalized spacial score (nSPS) is 11.9. The van der Waals surface area contributed by atoms with E-state index in [2.05, 4.69) is 47.6 Å². The predicted octanol–water partition coefficient (Wildman–Crippen LogP) is 5.41. The lowest BCUT2D eigenvalue weighted by molar-refractivity contribution is -0.384. The topological polar surface area (TPSA) is 69.4 Å². The highest BCUT2D eigenvalue weighted by Crippen LogP contribution is 2.35. The molecule has 0 bridgehead atoms. The molecular formula is C21H25NO4. The SMILES string of the molecule is CC(C)(C)c1ccc(OC(=O)c2ccc([N+](=O)[O-])cc2)c(C(C)(C)C)c1. The third-order valence-electron chi connectivity index (χ3n) is 4.17. The molecule has 0 aliphatic rings. The van der Waals surface area contributed by atoms with Crippen LogP contribution in [0.2, 0.25) is 0 Å². The zero-order valence-corrected chi connectivity index (χ0v) is 16.1. The monoisotopic (exact) mass is 355 g/mol. The van der Waals surface area contributed by atoms with Crippen molar-refractivity contribution in [2.45, 2.75) is 52.4 Å². The van der Waals surface area contributed by atoms with Crippen molar-refractivity contribution in [2.24, 2.45) is 0 Å². The van der Waals surface area contributed by atoms with Crippen molar-refractivity contribution in [3.05, 3.63) is 69.3 Å². The van der Waals surface area contributed by atoms with Crippen LogP contribution in [0.1, 0.15) is 63.0 Å². The average molecular weight is 355 g/mol. The first-order valence-electron chi connectivity index (χ1n) is 8.51. The maximum atomic E-state index is 12.5. The Morgan fingerprint density at radius 2 is 1.50 bits per heavy atom. The molecule has 0 saturated heterocycles. The number of carbonyl (C=O) groups is 1. The highest BCUT2D eigenvalue weighted by molar-refractivity contribution is 5.91. The van der Waals surface area contributed by atoms with Crippen molar-refractivity contribution in [2.75, 3.05) is 0 Å². The Hall–Kier alpha value is -2.69. The van der Waals surface area contributed by atoms with E-state index < -0.39 is 10.9 Å². The minimum atomic E-state index is -0.533. The smallest absolute Gasteiger partial charge is 0.343 e. The molecule has 2 aromatic rings. The molecule has 0 N–H and O–H groups in total. The van der Waals surface area contributed by atoms with Crippen molar-refractivity contribution in [3.63, 3.8) is 0 Å². The summed E-state index contributed by atoms with van der Waals surface area (Å²) in [6.45, 7) is 12.6. The highest BCUT2D eigenvalue weighted by Gasteiger charge is 2.24. The molecule has 0 fully saturated rings. The van der Waals surface area contributed by atoms with Gasteiger partial charge in [0.2, 0.25) is 0 Å². The summed E-state index contributed by atoms with van der Waals surface area (Å²) in [5, 5.41) is 10.7. The number of nitro groups is 1. The van der Waals surface area contributed by atoms with Crippen LogP contribution in [-0.2, 0) is 10.8 Å². The van der Waals surface area contributed by atoms with E-state index in [-0.39, 0.29) is 22.1 Å². The van der Waals surface area contributed by atoms with Gasteiger partial charge in [0.25, 0.3) is 5.69 Å². The van der Waals surface area contributed by atoms with Gasteiger partial charge in [0.1, 0.15) is 5.75 Å². The number of nitrogens with zero attached hydrogens (tertiary/aromatic N) is 1. The molecule has 2 aromatic carbocycles. The summed E-state index contributed by atoms with van der Waals surface area (Å²) >= 11 is 0. The first kappa shape index (κ1) is 19.6. The average Bonchev–Trinajstić information content (AvgIpc) is 2.53. The van der Waals surface area contributed by atoms with E-state index in [0.29, 0.717) is 5.75 Å². The van der Waals surface area contributed by atoms with Crippen molar-refractivity contribution >= 4 is 11.7 Å². The van der Waals surface area contributed by atoms with Gasteiger partial charge in [0, 0.05) is 17.7 Å². The van der Waals surface area contributed by atoms with Crippen molar-refractivity contribution in [3.8, 4) is 5.75 Å². The zero-order chi connectivity index (χ0) is 19.7. The third-order valence-corrected chi connectivity index (χ3v) is 4.17. The third kappa shape index (κ3) is 4.48. The number of non-ortho nitro benzene ring substituents is 1. The van der Waals surface area contributed by atoms with E-state index >= 15 is 0 Å². The number of hydrogen-bond acceptors (Lipinski definition) is 4. The number of carbonyl (C=O) groups excluding carboxylic acids is 1. The maximum absolute atomic E-state index is 12.5. The summed E-state index contributed by atoms with van der Waals surface area (Å²) in [4.78, 5) is 22.7. The Balaban J connectivity index is 2.36. The number of nitro benzene ring substituents is 1. The fourth-order valence-corrected chi connectivity index (χ4v) is 2.55. The van der Waals surface area contributed by atoms with Crippen LogP contribution in [0.5, 0.6) is 5.75 Å². The second-order valence-corrected chi connectivity index (χ2v) is 8.40. The van der Waals surface area contributed by atoms with Crippen LogP contribution in [0.4, 0.5) is 5.69 Å². The maximum Gasteiger partial charge on any atom is 0.343 e. The molecule has 0 saturated carbocycles. The fourth-order valence-electron chi connectivity index (χ4n) is 2.55. The van der Waals surface area contributed by atoms with Gasteiger partial charge in [-0.05, 0) is 34.6 Å². The lowest BCUT2D eigenvalue weighted by Crippen LogP contribution is -2.19. The summed E-state index contributed by atoms with van der Waals surface area (Å²) in [7, 11) is 0. The van der Waals surface area contributed by atoms with Crippen molar-refractivity contribution in [1.82, 2.24) is 0 Å². The summed E-state index contributed by atoms with van der Waals surface area (Å²) in [6, 6.07) is 11.3. The molecule has 2 rings (SSSR count). The van der Waals surface area contributed by atoms with Crippen LogP contribution < -0.4 is 4.74 Å². The van der Waals surface area contributed by atoms with Crippen LogP contribution >= 0.6 is 0 Å². The van der Waals surface area contributed by atoms with Gasteiger partial charge in [-0.15, -0.1) is 0 Å². The standard InChI is InChI=1S/C21H25NO4/c1-20(2,3)15-9-12-18(17(13-15)21(4,5)6)26-19(23)14-7-10-16(11-8-14)22(24)25/h7-13H,1-6H3. The van der Waals surface area contributed by atoms with Gasteiger partial charge in [0.15, 0.2) is 0 Å². The van der Waals surface area contributed by atoms with Gasteiger partial charge in [-0.1, -0.05) is 53.7 Å². The quantitative estimate of drug-likeness (QED) is 0.319. The Labute approximate surface area is 154 Å². The molecular weight excluding hydrogens is 330 g/mol. The summed E-state index contributed by atoms with van der Waals surface area (Å²) in [5.41, 5.74) is 2.10. The summed E-state index contributed by atoms with van der Waals surface area (Å²) in [6.07, 6.45) is 0. The minimum Gasteiger partial charge on any atom is -0.423 e. The van der Waals surface area contributed by atoms with Gasteiger partial charge < -0.3 is 4.74 Å². The molecule has 0 spiro atoms. The summed E-state index contributed by atoms with van der Waals surface area (Å²) < 4.78 is 5.62. The van der Waals surface area contributed by atoms with E-state index in [1.807, 2.05) is 12.1 Å². The molecule has 0 radical (unpaired) electrons. The van der Waals surface area contributed by atoms with Crippen LogP contribution in [0, 0.1) is 10.1 Å². The molecule has 0 aliphatic heterocycles. The molecule has 0 unspecified atom stereocenters.